The Kier molecular flexibility index (Phi) is 6.13. The molecule has 24 heavy (non-hydrogen) atoms. The van der Waals surface area contributed by atoms with Gasteiger partial charge in [0.1, 0.15) is 0 Å². The molecule has 1 heterocycles. The molecule has 0 bridgehead atoms. The number of nitrogens with one attached hydrogen (secondary N) is 1. The van der Waals surface area contributed by atoms with Gasteiger partial charge in [-0.25, -0.2) is 4.79 Å². The second-order valence-electron chi connectivity index (χ2n) is 7.30. The van der Waals surface area contributed by atoms with E-state index in [2.05, 4.69) is 24.4 Å². The molecular formula is C20H30N2O2. The summed E-state index contributed by atoms with van der Waals surface area (Å²) >= 11 is 0. The normalized spacial score (nSPS) is 25.5. The third-order valence-corrected chi connectivity index (χ3v) is 5.48. The zero-order chi connectivity index (χ0) is 16.8. The van der Waals surface area contributed by atoms with Crippen LogP contribution in [0.15, 0.2) is 30.3 Å². The summed E-state index contributed by atoms with van der Waals surface area (Å²) in [5.74, 6) is 0.606. The second kappa shape index (κ2) is 8.52. The van der Waals surface area contributed by atoms with Crippen molar-refractivity contribution in [3.63, 3.8) is 0 Å². The minimum Gasteiger partial charge on any atom is -0.373 e. The Morgan fingerprint density at radius 3 is 2.54 bits per heavy atom. The van der Waals surface area contributed by atoms with E-state index in [1.807, 2.05) is 23.1 Å². The number of ether oxygens (including phenoxy) is 1. The van der Waals surface area contributed by atoms with Crippen LogP contribution in [0.4, 0.5) is 4.79 Å². The first-order valence-corrected chi connectivity index (χ1v) is 9.43. The number of urea groups is 1. The van der Waals surface area contributed by atoms with Crippen LogP contribution in [0.5, 0.6) is 0 Å². The van der Waals surface area contributed by atoms with E-state index >= 15 is 0 Å². The van der Waals surface area contributed by atoms with E-state index in [0.717, 1.165) is 32.4 Å². The fourth-order valence-corrected chi connectivity index (χ4v) is 3.79. The number of likely N-dealkylation sites (tertiary alicyclic amines) is 1. The van der Waals surface area contributed by atoms with Crippen molar-refractivity contribution in [1.29, 1.82) is 0 Å². The molecule has 132 valence electrons. The molecule has 3 rings (SSSR count). The Labute approximate surface area is 145 Å². The summed E-state index contributed by atoms with van der Waals surface area (Å²) in [4.78, 5) is 14.4. The zero-order valence-corrected chi connectivity index (χ0v) is 14.7. The Balaban J connectivity index is 1.39. The van der Waals surface area contributed by atoms with E-state index in [9.17, 15) is 4.79 Å². The van der Waals surface area contributed by atoms with E-state index in [1.165, 1.54) is 24.8 Å². The maximum atomic E-state index is 12.5. The third kappa shape index (κ3) is 4.73. The maximum absolute atomic E-state index is 12.5. The molecule has 0 aromatic heterocycles. The van der Waals surface area contributed by atoms with Crippen molar-refractivity contribution in [3.8, 4) is 0 Å². The van der Waals surface area contributed by atoms with Gasteiger partial charge < -0.3 is 15.0 Å². The van der Waals surface area contributed by atoms with Gasteiger partial charge >= 0.3 is 6.03 Å². The number of amides is 2. The molecule has 4 heteroatoms. The number of rotatable bonds is 4. The third-order valence-electron chi connectivity index (χ3n) is 5.48. The van der Waals surface area contributed by atoms with Gasteiger partial charge in [-0.1, -0.05) is 50.1 Å². The predicted molar refractivity (Wildman–Crippen MR) is 95.8 cm³/mol. The topological polar surface area (TPSA) is 41.6 Å². The van der Waals surface area contributed by atoms with Gasteiger partial charge in [0.15, 0.2) is 0 Å². The van der Waals surface area contributed by atoms with Gasteiger partial charge in [-0.2, -0.15) is 0 Å². The quantitative estimate of drug-likeness (QED) is 0.908. The van der Waals surface area contributed by atoms with Crippen LogP contribution in [0, 0.1) is 5.92 Å². The van der Waals surface area contributed by atoms with Gasteiger partial charge in [0, 0.05) is 19.1 Å². The van der Waals surface area contributed by atoms with Crippen molar-refractivity contribution >= 4 is 6.03 Å². The highest BCUT2D eigenvalue weighted by Gasteiger charge is 2.27. The number of benzene rings is 1. The number of piperidine rings is 1. The number of carbonyl (C=O) groups excluding carboxylic acids is 1. The largest absolute Gasteiger partial charge is 0.373 e. The van der Waals surface area contributed by atoms with Gasteiger partial charge in [0.05, 0.1) is 12.7 Å². The predicted octanol–water partition coefficient (Wildman–Crippen LogP) is 3.96. The molecule has 1 aliphatic carbocycles. The standard InChI is InChI=1S/C20H30N2O2/c1-16-7-5-6-10-19(16)21-20(23)22-13-11-18(12-14-22)24-15-17-8-3-2-4-9-17/h2-4,8-9,16,18-19H,5-7,10-15H2,1H3,(H,21,23)/t16-,19-/m0/s1. The van der Waals surface area contributed by atoms with Gasteiger partial charge in [-0.05, 0) is 37.2 Å². The van der Waals surface area contributed by atoms with Crippen LogP contribution < -0.4 is 5.32 Å². The lowest BCUT2D eigenvalue weighted by atomic mass is 9.86. The molecule has 0 unspecified atom stereocenters. The fourth-order valence-electron chi connectivity index (χ4n) is 3.79. The van der Waals surface area contributed by atoms with Gasteiger partial charge in [0.25, 0.3) is 0 Å². The molecule has 2 aliphatic rings. The molecule has 2 atom stereocenters. The number of carbonyl (C=O) groups is 1. The first-order chi connectivity index (χ1) is 11.7. The fraction of sp³-hybridized carbons (Fsp3) is 0.650. The van der Waals surface area contributed by atoms with Crippen LogP contribution in [0.3, 0.4) is 0 Å². The van der Waals surface area contributed by atoms with Crippen molar-refractivity contribution in [2.75, 3.05) is 13.1 Å². The first-order valence-electron chi connectivity index (χ1n) is 9.43. The lowest BCUT2D eigenvalue weighted by Crippen LogP contribution is -2.50. The minimum absolute atomic E-state index is 0.121. The first kappa shape index (κ1) is 17.3. The number of hydrogen-bond acceptors (Lipinski definition) is 2. The van der Waals surface area contributed by atoms with Gasteiger partial charge in [0.2, 0.25) is 0 Å². The van der Waals surface area contributed by atoms with Crippen molar-refractivity contribution in [2.45, 2.75) is 64.2 Å². The molecule has 1 saturated carbocycles. The summed E-state index contributed by atoms with van der Waals surface area (Å²) in [6.07, 6.45) is 7.04. The van der Waals surface area contributed by atoms with Crippen molar-refractivity contribution in [2.24, 2.45) is 5.92 Å². The highest BCUT2D eigenvalue weighted by atomic mass is 16.5. The van der Waals surface area contributed by atoms with E-state index in [-0.39, 0.29) is 12.1 Å². The van der Waals surface area contributed by atoms with Crippen molar-refractivity contribution < 1.29 is 9.53 Å². The summed E-state index contributed by atoms with van der Waals surface area (Å²) in [6.45, 7) is 4.52. The SMILES string of the molecule is C[C@H]1CCCC[C@@H]1NC(=O)N1CCC(OCc2ccccc2)CC1. The molecule has 0 spiro atoms. The Morgan fingerprint density at radius 2 is 1.83 bits per heavy atom. The second-order valence-corrected chi connectivity index (χ2v) is 7.30. The highest BCUT2D eigenvalue weighted by Crippen LogP contribution is 2.24. The summed E-state index contributed by atoms with van der Waals surface area (Å²) in [5, 5.41) is 3.26. The summed E-state index contributed by atoms with van der Waals surface area (Å²) in [6, 6.07) is 10.8. The van der Waals surface area contributed by atoms with Crippen LogP contribution >= 0.6 is 0 Å². The molecule has 1 saturated heterocycles. The van der Waals surface area contributed by atoms with Gasteiger partial charge in [-0.15, -0.1) is 0 Å². The van der Waals surface area contributed by atoms with Crippen molar-refractivity contribution in [1.82, 2.24) is 10.2 Å². The zero-order valence-electron chi connectivity index (χ0n) is 14.7. The Morgan fingerprint density at radius 1 is 1.12 bits per heavy atom. The monoisotopic (exact) mass is 330 g/mol. The molecule has 1 aromatic carbocycles. The van der Waals surface area contributed by atoms with Crippen LogP contribution in [0.2, 0.25) is 0 Å². The smallest absolute Gasteiger partial charge is 0.317 e. The van der Waals surface area contributed by atoms with Crippen LogP contribution in [0.25, 0.3) is 0 Å². The lowest BCUT2D eigenvalue weighted by Gasteiger charge is -2.35. The molecule has 4 nitrogen and oxygen atoms in total. The number of hydrogen-bond donors (Lipinski definition) is 1. The molecule has 1 aliphatic heterocycles. The van der Waals surface area contributed by atoms with E-state index < -0.39 is 0 Å². The van der Waals surface area contributed by atoms with E-state index in [0.29, 0.717) is 18.6 Å². The maximum Gasteiger partial charge on any atom is 0.317 e. The molecule has 2 fully saturated rings. The Hall–Kier alpha value is -1.55. The molecule has 1 N–H and O–H groups in total. The average molecular weight is 330 g/mol. The van der Waals surface area contributed by atoms with Crippen molar-refractivity contribution in [3.05, 3.63) is 35.9 Å². The minimum atomic E-state index is 0.121. The molecule has 2 amide bonds. The summed E-state index contributed by atoms with van der Waals surface area (Å²) < 4.78 is 6.01. The summed E-state index contributed by atoms with van der Waals surface area (Å²) in [5.41, 5.74) is 1.21. The van der Waals surface area contributed by atoms with Crippen LogP contribution in [-0.4, -0.2) is 36.2 Å². The van der Waals surface area contributed by atoms with Crippen LogP contribution in [-0.2, 0) is 11.3 Å². The Bertz CT molecular complexity index is 512. The summed E-state index contributed by atoms with van der Waals surface area (Å²) in [7, 11) is 0. The van der Waals surface area contributed by atoms with E-state index in [1.54, 1.807) is 0 Å². The van der Waals surface area contributed by atoms with Gasteiger partial charge in [-0.3, -0.25) is 0 Å². The highest BCUT2D eigenvalue weighted by molar-refractivity contribution is 5.74. The molecular weight excluding hydrogens is 300 g/mol. The van der Waals surface area contributed by atoms with E-state index in [4.69, 9.17) is 4.74 Å². The lowest BCUT2D eigenvalue weighted by molar-refractivity contribution is 0.00407. The van der Waals surface area contributed by atoms with Crippen LogP contribution in [0.1, 0.15) is 51.0 Å². The number of nitrogens with zero attached hydrogens (tertiary/aromatic N) is 1. The molecule has 1 aromatic rings. The molecule has 0 radical (unpaired) electrons. The average Bonchev–Trinajstić information content (AvgIpc) is 2.63.